The van der Waals surface area contributed by atoms with E-state index in [1.54, 1.807) is 18.6 Å². The molecular weight excluding hydrogens is 242 g/mol. The number of ether oxygens (including phenoxy) is 1. The number of aryl methyl sites for hydroxylation is 1. The number of rotatable bonds is 6. The fourth-order valence-electron chi connectivity index (χ4n) is 1.73. The predicted octanol–water partition coefficient (Wildman–Crippen LogP) is 1.77. The monoisotopic (exact) mass is 261 g/mol. The van der Waals surface area contributed by atoms with Gasteiger partial charge in [-0.15, -0.1) is 0 Å². The molecule has 0 aliphatic carbocycles. The van der Waals surface area contributed by atoms with Crippen molar-refractivity contribution in [3.8, 4) is 11.8 Å². The maximum atomic E-state index is 5.72. The summed E-state index contributed by atoms with van der Waals surface area (Å²) in [6.45, 7) is 4.92. The number of hydrogen-bond acceptors (Lipinski definition) is 5. The van der Waals surface area contributed by atoms with Gasteiger partial charge in [-0.2, -0.15) is 5.10 Å². The van der Waals surface area contributed by atoms with Crippen molar-refractivity contribution in [2.45, 2.75) is 39.3 Å². The normalized spacial score (nSPS) is 12.4. The SMILES string of the molecule is CCCn1cc(Oc2ncc(CC(C)N)cn2)cn1. The molecular formula is C13H19N5O. The topological polar surface area (TPSA) is 78.9 Å². The Labute approximate surface area is 112 Å². The zero-order valence-electron chi connectivity index (χ0n) is 11.3. The average Bonchev–Trinajstić information content (AvgIpc) is 2.79. The Bertz CT molecular complexity index is 506. The van der Waals surface area contributed by atoms with Crippen molar-refractivity contribution in [2.75, 3.05) is 0 Å². The van der Waals surface area contributed by atoms with E-state index in [-0.39, 0.29) is 6.04 Å². The van der Waals surface area contributed by atoms with Crippen LogP contribution in [0.1, 0.15) is 25.8 Å². The van der Waals surface area contributed by atoms with E-state index >= 15 is 0 Å². The molecule has 0 saturated heterocycles. The van der Waals surface area contributed by atoms with Crippen molar-refractivity contribution >= 4 is 0 Å². The molecule has 0 bridgehead atoms. The molecule has 0 fully saturated rings. The molecule has 2 heterocycles. The van der Waals surface area contributed by atoms with Gasteiger partial charge in [0.25, 0.3) is 0 Å². The van der Waals surface area contributed by atoms with Crippen molar-refractivity contribution in [1.82, 2.24) is 19.7 Å². The Kier molecular flexibility index (Phi) is 4.46. The number of nitrogens with zero attached hydrogens (tertiary/aromatic N) is 4. The third-order valence-corrected chi connectivity index (χ3v) is 2.51. The molecule has 2 aromatic heterocycles. The lowest BCUT2D eigenvalue weighted by Crippen LogP contribution is -2.17. The van der Waals surface area contributed by atoms with Crippen LogP contribution in [0.3, 0.4) is 0 Å². The van der Waals surface area contributed by atoms with Crippen molar-refractivity contribution in [1.29, 1.82) is 0 Å². The van der Waals surface area contributed by atoms with Gasteiger partial charge in [0.1, 0.15) is 0 Å². The number of aromatic nitrogens is 4. The first-order chi connectivity index (χ1) is 9.17. The lowest BCUT2D eigenvalue weighted by atomic mass is 10.1. The van der Waals surface area contributed by atoms with Crippen LogP contribution in [0.5, 0.6) is 11.8 Å². The van der Waals surface area contributed by atoms with Crippen molar-refractivity contribution < 1.29 is 4.74 Å². The lowest BCUT2D eigenvalue weighted by molar-refractivity contribution is 0.439. The second-order valence-corrected chi connectivity index (χ2v) is 4.60. The molecule has 19 heavy (non-hydrogen) atoms. The van der Waals surface area contributed by atoms with Gasteiger partial charge in [0, 0.05) is 25.0 Å². The quantitative estimate of drug-likeness (QED) is 0.857. The molecule has 2 rings (SSSR count). The van der Waals surface area contributed by atoms with Gasteiger partial charge in [0.05, 0.1) is 12.4 Å². The molecule has 0 aliphatic rings. The summed E-state index contributed by atoms with van der Waals surface area (Å²) in [4.78, 5) is 8.31. The first-order valence-corrected chi connectivity index (χ1v) is 6.44. The highest BCUT2D eigenvalue weighted by Crippen LogP contribution is 2.16. The van der Waals surface area contributed by atoms with Crippen LogP contribution in [0.15, 0.2) is 24.8 Å². The molecule has 2 aromatic rings. The van der Waals surface area contributed by atoms with E-state index in [0.29, 0.717) is 11.8 Å². The highest BCUT2D eigenvalue weighted by molar-refractivity contribution is 5.18. The predicted molar refractivity (Wildman–Crippen MR) is 72.0 cm³/mol. The molecule has 2 N–H and O–H groups in total. The summed E-state index contributed by atoms with van der Waals surface area (Å²) >= 11 is 0. The largest absolute Gasteiger partial charge is 0.421 e. The number of hydrogen-bond donors (Lipinski definition) is 1. The standard InChI is InChI=1S/C13H19N5O/c1-3-4-18-9-12(8-17-18)19-13-15-6-11(7-16-13)5-10(2)14/h6-10H,3-5,14H2,1-2H3. The molecule has 102 valence electrons. The van der Waals surface area contributed by atoms with Crippen molar-refractivity contribution in [3.63, 3.8) is 0 Å². The zero-order chi connectivity index (χ0) is 13.7. The summed E-state index contributed by atoms with van der Waals surface area (Å²) in [5.41, 5.74) is 6.72. The van der Waals surface area contributed by atoms with Gasteiger partial charge in [-0.25, -0.2) is 9.97 Å². The minimum atomic E-state index is 0.0997. The van der Waals surface area contributed by atoms with E-state index < -0.39 is 0 Å². The van der Waals surface area contributed by atoms with Crippen molar-refractivity contribution in [2.24, 2.45) is 5.73 Å². The fourth-order valence-corrected chi connectivity index (χ4v) is 1.73. The third-order valence-electron chi connectivity index (χ3n) is 2.51. The van der Waals surface area contributed by atoms with Gasteiger partial charge < -0.3 is 10.5 Å². The van der Waals surface area contributed by atoms with E-state index in [1.807, 2.05) is 17.8 Å². The van der Waals surface area contributed by atoms with Gasteiger partial charge in [-0.3, -0.25) is 4.68 Å². The molecule has 0 saturated carbocycles. The summed E-state index contributed by atoms with van der Waals surface area (Å²) in [6, 6.07) is 0.423. The molecule has 0 aromatic carbocycles. The molecule has 0 amide bonds. The molecule has 6 nitrogen and oxygen atoms in total. The molecule has 0 radical (unpaired) electrons. The highest BCUT2D eigenvalue weighted by atomic mass is 16.5. The molecule has 0 aliphatic heterocycles. The molecule has 1 atom stereocenters. The Morgan fingerprint density at radius 2 is 2.05 bits per heavy atom. The van der Waals surface area contributed by atoms with Crippen LogP contribution >= 0.6 is 0 Å². The van der Waals surface area contributed by atoms with Crippen LogP contribution in [-0.4, -0.2) is 25.8 Å². The maximum Gasteiger partial charge on any atom is 0.321 e. The summed E-state index contributed by atoms with van der Waals surface area (Å²) in [5, 5.41) is 4.18. The van der Waals surface area contributed by atoms with E-state index in [4.69, 9.17) is 10.5 Å². The second-order valence-electron chi connectivity index (χ2n) is 4.60. The van der Waals surface area contributed by atoms with Gasteiger partial charge in [-0.1, -0.05) is 6.92 Å². The molecule has 6 heteroatoms. The van der Waals surface area contributed by atoms with E-state index in [0.717, 1.165) is 24.9 Å². The van der Waals surface area contributed by atoms with Gasteiger partial charge in [0.2, 0.25) is 0 Å². The van der Waals surface area contributed by atoms with Crippen LogP contribution in [-0.2, 0) is 13.0 Å². The lowest BCUT2D eigenvalue weighted by Gasteiger charge is -2.05. The van der Waals surface area contributed by atoms with Crippen LogP contribution in [0.4, 0.5) is 0 Å². The minimum Gasteiger partial charge on any atom is -0.421 e. The first-order valence-electron chi connectivity index (χ1n) is 6.44. The van der Waals surface area contributed by atoms with Gasteiger partial charge in [0.15, 0.2) is 5.75 Å². The van der Waals surface area contributed by atoms with E-state index in [2.05, 4.69) is 22.0 Å². The Balaban J connectivity index is 1.98. The average molecular weight is 261 g/mol. The molecule has 1 unspecified atom stereocenters. The van der Waals surface area contributed by atoms with Gasteiger partial charge >= 0.3 is 6.01 Å². The third kappa shape index (κ3) is 4.03. The highest BCUT2D eigenvalue weighted by Gasteiger charge is 2.04. The Morgan fingerprint density at radius 3 is 2.68 bits per heavy atom. The Morgan fingerprint density at radius 1 is 1.32 bits per heavy atom. The van der Waals surface area contributed by atoms with Crippen LogP contribution < -0.4 is 10.5 Å². The van der Waals surface area contributed by atoms with E-state index in [1.165, 1.54) is 0 Å². The van der Waals surface area contributed by atoms with Crippen LogP contribution in [0.25, 0.3) is 0 Å². The summed E-state index contributed by atoms with van der Waals surface area (Å²) < 4.78 is 7.36. The van der Waals surface area contributed by atoms with Crippen molar-refractivity contribution in [3.05, 3.63) is 30.4 Å². The van der Waals surface area contributed by atoms with Crippen LogP contribution in [0, 0.1) is 0 Å². The smallest absolute Gasteiger partial charge is 0.321 e. The maximum absolute atomic E-state index is 5.72. The number of nitrogens with two attached hydrogens (primary N) is 1. The zero-order valence-corrected chi connectivity index (χ0v) is 11.3. The summed E-state index contributed by atoms with van der Waals surface area (Å²) in [5.74, 6) is 0.647. The summed E-state index contributed by atoms with van der Waals surface area (Å²) in [6.07, 6.45) is 8.76. The first kappa shape index (κ1) is 13.5. The Hall–Kier alpha value is -1.95. The van der Waals surface area contributed by atoms with Gasteiger partial charge in [-0.05, 0) is 25.3 Å². The minimum absolute atomic E-state index is 0.0997. The van der Waals surface area contributed by atoms with Crippen LogP contribution in [0.2, 0.25) is 0 Å². The van der Waals surface area contributed by atoms with E-state index in [9.17, 15) is 0 Å². The second kappa shape index (κ2) is 6.29. The summed E-state index contributed by atoms with van der Waals surface area (Å²) in [7, 11) is 0. The fraction of sp³-hybridized carbons (Fsp3) is 0.462. The molecule has 0 spiro atoms.